The van der Waals surface area contributed by atoms with Gasteiger partial charge in [0.2, 0.25) is 10.0 Å². The fourth-order valence-electron chi connectivity index (χ4n) is 1.69. The standard InChI is InChI=1S/C12H12Br2N2O3S/c1-7-10(8(2)19-16-7)6-15-20(17,18)12-4-3-9(13)5-11(12)14/h3-5,15H,6H2,1-2H3. The maximum Gasteiger partial charge on any atom is 0.241 e. The molecule has 0 bridgehead atoms. The Morgan fingerprint density at radius 2 is 2.00 bits per heavy atom. The highest BCUT2D eigenvalue weighted by molar-refractivity contribution is 9.11. The largest absolute Gasteiger partial charge is 0.361 e. The van der Waals surface area contributed by atoms with Crippen molar-refractivity contribution in [1.82, 2.24) is 9.88 Å². The van der Waals surface area contributed by atoms with Crippen molar-refractivity contribution in [3.8, 4) is 0 Å². The van der Waals surface area contributed by atoms with Gasteiger partial charge in [-0.3, -0.25) is 0 Å². The minimum atomic E-state index is -3.60. The first kappa shape index (κ1) is 15.7. The second-order valence-electron chi connectivity index (χ2n) is 4.20. The van der Waals surface area contributed by atoms with E-state index in [0.717, 1.165) is 10.0 Å². The molecule has 0 fully saturated rings. The number of aromatic nitrogens is 1. The van der Waals surface area contributed by atoms with Crippen LogP contribution < -0.4 is 4.72 Å². The highest BCUT2D eigenvalue weighted by Crippen LogP contribution is 2.26. The molecule has 1 aromatic heterocycles. The van der Waals surface area contributed by atoms with Gasteiger partial charge in [0.1, 0.15) is 5.76 Å². The van der Waals surface area contributed by atoms with Gasteiger partial charge in [-0.05, 0) is 48.0 Å². The summed E-state index contributed by atoms with van der Waals surface area (Å²) in [6.45, 7) is 3.67. The van der Waals surface area contributed by atoms with E-state index in [1.165, 1.54) is 6.07 Å². The highest BCUT2D eigenvalue weighted by Gasteiger charge is 2.19. The molecule has 0 spiro atoms. The zero-order valence-electron chi connectivity index (χ0n) is 10.8. The molecule has 2 rings (SSSR count). The molecule has 0 unspecified atom stereocenters. The molecule has 20 heavy (non-hydrogen) atoms. The van der Waals surface area contributed by atoms with E-state index in [2.05, 4.69) is 41.7 Å². The van der Waals surface area contributed by atoms with E-state index in [-0.39, 0.29) is 11.4 Å². The number of rotatable bonds is 4. The Morgan fingerprint density at radius 1 is 1.30 bits per heavy atom. The number of hydrogen-bond acceptors (Lipinski definition) is 4. The Bertz CT molecular complexity index is 722. The summed E-state index contributed by atoms with van der Waals surface area (Å²) in [7, 11) is -3.60. The van der Waals surface area contributed by atoms with Crippen molar-refractivity contribution >= 4 is 41.9 Å². The van der Waals surface area contributed by atoms with Gasteiger partial charge in [-0.2, -0.15) is 0 Å². The zero-order valence-corrected chi connectivity index (χ0v) is 14.8. The summed E-state index contributed by atoms with van der Waals surface area (Å²) in [6, 6.07) is 4.89. The number of aryl methyl sites for hydroxylation is 2. The van der Waals surface area contributed by atoms with Gasteiger partial charge in [0, 0.05) is 21.1 Å². The fourth-order valence-corrected chi connectivity index (χ4v) is 4.43. The summed E-state index contributed by atoms with van der Waals surface area (Å²) >= 11 is 6.54. The summed E-state index contributed by atoms with van der Waals surface area (Å²) in [4.78, 5) is 0.187. The van der Waals surface area contributed by atoms with Crippen molar-refractivity contribution in [3.63, 3.8) is 0 Å². The minimum Gasteiger partial charge on any atom is -0.361 e. The van der Waals surface area contributed by atoms with Gasteiger partial charge in [0.05, 0.1) is 10.6 Å². The van der Waals surface area contributed by atoms with Crippen LogP contribution in [-0.2, 0) is 16.6 Å². The summed E-state index contributed by atoms with van der Waals surface area (Å²) < 4.78 is 33.4. The van der Waals surface area contributed by atoms with Crippen LogP contribution in [0.4, 0.5) is 0 Å². The molecular formula is C12H12Br2N2O3S. The SMILES string of the molecule is Cc1noc(C)c1CNS(=O)(=O)c1ccc(Br)cc1Br. The maximum atomic E-state index is 12.3. The summed E-state index contributed by atoms with van der Waals surface area (Å²) in [5.41, 5.74) is 1.43. The van der Waals surface area contributed by atoms with Crippen molar-refractivity contribution in [2.75, 3.05) is 0 Å². The average molecular weight is 424 g/mol. The Balaban J connectivity index is 2.24. The van der Waals surface area contributed by atoms with E-state index in [1.54, 1.807) is 26.0 Å². The van der Waals surface area contributed by atoms with Crippen LogP contribution in [0.25, 0.3) is 0 Å². The molecule has 0 radical (unpaired) electrons. The summed E-state index contributed by atoms with van der Waals surface area (Å²) in [5, 5.41) is 3.79. The Kier molecular flexibility index (Phi) is 4.68. The van der Waals surface area contributed by atoms with Crippen LogP contribution in [0.3, 0.4) is 0 Å². The van der Waals surface area contributed by atoms with Gasteiger partial charge in [0.15, 0.2) is 0 Å². The van der Waals surface area contributed by atoms with Crippen molar-refractivity contribution in [2.24, 2.45) is 0 Å². The van der Waals surface area contributed by atoms with Gasteiger partial charge < -0.3 is 4.52 Å². The van der Waals surface area contributed by atoms with E-state index in [0.29, 0.717) is 15.9 Å². The van der Waals surface area contributed by atoms with Gasteiger partial charge >= 0.3 is 0 Å². The topological polar surface area (TPSA) is 72.2 Å². The minimum absolute atomic E-state index is 0.145. The van der Waals surface area contributed by atoms with Gasteiger partial charge in [-0.1, -0.05) is 21.1 Å². The lowest BCUT2D eigenvalue weighted by atomic mass is 10.2. The quantitative estimate of drug-likeness (QED) is 0.818. The van der Waals surface area contributed by atoms with Crippen molar-refractivity contribution in [3.05, 3.63) is 44.2 Å². The zero-order chi connectivity index (χ0) is 14.9. The molecule has 0 aliphatic heterocycles. The molecule has 0 amide bonds. The molecule has 1 N–H and O–H groups in total. The molecule has 1 heterocycles. The second kappa shape index (κ2) is 5.97. The average Bonchev–Trinajstić information content (AvgIpc) is 2.66. The molecule has 0 saturated carbocycles. The van der Waals surface area contributed by atoms with Crippen LogP contribution in [0.1, 0.15) is 17.0 Å². The molecule has 108 valence electrons. The third-order valence-electron chi connectivity index (χ3n) is 2.80. The van der Waals surface area contributed by atoms with Gasteiger partial charge in [-0.25, -0.2) is 13.1 Å². The van der Waals surface area contributed by atoms with E-state index in [1.807, 2.05) is 0 Å². The lowest BCUT2D eigenvalue weighted by Crippen LogP contribution is -2.24. The molecule has 0 saturated heterocycles. The fraction of sp³-hybridized carbons (Fsp3) is 0.250. The smallest absolute Gasteiger partial charge is 0.241 e. The molecule has 8 heteroatoms. The van der Waals surface area contributed by atoms with Crippen LogP contribution >= 0.6 is 31.9 Å². The van der Waals surface area contributed by atoms with Crippen molar-refractivity contribution in [2.45, 2.75) is 25.3 Å². The number of nitrogens with one attached hydrogen (secondary N) is 1. The lowest BCUT2D eigenvalue weighted by molar-refractivity contribution is 0.392. The third kappa shape index (κ3) is 3.30. The van der Waals surface area contributed by atoms with Crippen LogP contribution in [0.5, 0.6) is 0 Å². The summed E-state index contributed by atoms with van der Waals surface area (Å²) in [6.07, 6.45) is 0. The van der Waals surface area contributed by atoms with Crippen molar-refractivity contribution in [1.29, 1.82) is 0 Å². The molecular weight excluding hydrogens is 412 g/mol. The molecule has 0 atom stereocenters. The predicted octanol–water partition coefficient (Wildman–Crippen LogP) is 3.29. The van der Waals surface area contributed by atoms with Crippen LogP contribution in [0, 0.1) is 13.8 Å². The van der Waals surface area contributed by atoms with Crippen LogP contribution in [-0.4, -0.2) is 13.6 Å². The Morgan fingerprint density at radius 3 is 2.55 bits per heavy atom. The van der Waals surface area contributed by atoms with E-state index >= 15 is 0 Å². The Labute approximate surface area is 134 Å². The second-order valence-corrected chi connectivity index (χ2v) is 7.71. The van der Waals surface area contributed by atoms with Crippen LogP contribution in [0.2, 0.25) is 0 Å². The number of halogens is 2. The maximum absolute atomic E-state index is 12.3. The van der Waals surface area contributed by atoms with Gasteiger partial charge in [0.25, 0.3) is 0 Å². The highest BCUT2D eigenvalue weighted by atomic mass is 79.9. The number of benzene rings is 1. The van der Waals surface area contributed by atoms with E-state index in [9.17, 15) is 8.42 Å². The van der Waals surface area contributed by atoms with Crippen LogP contribution in [0.15, 0.2) is 36.6 Å². The Hall–Kier alpha value is -0.700. The molecule has 5 nitrogen and oxygen atoms in total. The normalized spacial score (nSPS) is 11.8. The first-order valence-corrected chi connectivity index (χ1v) is 8.74. The molecule has 0 aliphatic carbocycles. The molecule has 1 aromatic carbocycles. The van der Waals surface area contributed by atoms with Gasteiger partial charge in [-0.15, -0.1) is 0 Å². The monoisotopic (exact) mass is 422 g/mol. The first-order chi connectivity index (χ1) is 9.31. The number of nitrogens with zero attached hydrogens (tertiary/aromatic N) is 1. The van der Waals surface area contributed by atoms with Crippen molar-refractivity contribution < 1.29 is 12.9 Å². The summed E-state index contributed by atoms with van der Waals surface area (Å²) in [5.74, 6) is 0.611. The van der Waals surface area contributed by atoms with E-state index in [4.69, 9.17) is 4.52 Å². The predicted molar refractivity (Wildman–Crippen MR) is 81.8 cm³/mol. The number of hydrogen-bond donors (Lipinski definition) is 1. The number of sulfonamides is 1. The molecule has 2 aromatic rings. The first-order valence-electron chi connectivity index (χ1n) is 5.67. The molecule has 0 aliphatic rings. The van der Waals surface area contributed by atoms with E-state index < -0.39 is 10.0 Å². The third-order valence-corrected chi connectivity index (χ3v) is 5.67. The lowest BCUT2D eigenvalue weighted by Gasteiger charge is -2.08.